The maximum atomic E-state index is 10.3. The van der Waals surface area contributed by atoms with E-state index in [2.05, 4.69) is 0 Å². The van der Waals surface area contributed by atoms with E-state index in [4.69, 9.17) is 9.90 Å². The second-order valence-electron chi connectivity index (χ2n) is 2.41. The number of carbonyl (C=O) groups is 2. The van der Waals surface area contributed by atoms with E-state index in [0.29, 0.717) is 5.92 Å². The summed E-state index contributed by atoms with van der Waals surface area (Å²) in [4.78, 5) is 18.6. The Bertz CT molecular complexity index is 97.0. The van der Waals surface area contributed by atoms with Gasteiger partial charge in [-0.25, -0.2) is 0 Å². The molecule has 0 aliphatic carbocycles. The highest BCUT2D eigenvalue weighted by Crippen LogP contribution is 1.97. The van der Waals surface area contributed by atoms with Crippen molar-refractivity contribution in [2.45, 2.75) is 27.2 Å². The molecule has 0 bridgehead atoms. The van der Waals surface area contributed by atoms with Crippen LogP contribution in [0.4, 0.5) is 0 Å². The molecule has 0 aromatic carbocycles. The Hall–Kier alpha value is -0.860. The molecular weight excluding hydrogens is 132 g/mol. The van der Waals surface area contributed by atoms with Crippen molar-refractivity contribution in [2.24, 2.45) is 5.92 Å². The van der Waals surface area contributed by atoms with Gasteiger partial charge in [-0.3, -0.25) is 4.79 Å². The van der Waals surface area contributed by atoms with Crippen LogP contribution < -0.4 is 0 Å². The Morgan fingerprint density at radius 3 is 1.90 bits per heavy atom. The van der Waals surface area contributed by atoms with Crippen LogP contribution in [0, 0.1) is 5.92 Å². The first kappa shape index (κ1) is 11.9. The van der Waals surface area contributed by atoms with E-state index in [-0.39, 0.29) is 12.3 Å². The molecule has 3 heteroatoms. The first-order chi connectivity index (χ1) is 4.54. The maximum Gasteiger partial charge on any atom is 0.290 e. The summed E-state index contributed by atoms with van der Waals surface area (Å²) >= 11 is 0. The lowest BCUT2D eigenvalue weighted by Crippen LogP contribution is -1.95. The average molecular weight is 146 g/mol. The predicted octanol–water partition coefficient (Wildman–Crippen LogP) is 1.32. The SMILES string of the molecule is CC(=O)CC(C)C.O=CO. The van der Waals surface area contributed by atoms with Gasteiger partial charge >= 0.3 is 0 Å². The van der Waals surface area contributed by atoms with Gasteiger partial charge in [0.1, 0.15) is 5.78 Å². The highest BCUT2D eigenvalue weighted by molar-refractivity contribution is 5.75. The third kappa shape index (κ3) is 27.3. The molecule has 0 heterocycles. The summed E-state index contributed by atoms with van der Waals surface area (Å²) in [6.07, 6.45) is 0.722. The maximum absolute atomic E-state index is 10.3. The van der Waals surface area contributed by atoms with Gasteiger partial charge in [-0.05, 0) is 12.8 Å². The van der Waals surface area contributed by atoms with Crippen LogP contribution in [0.25, 0.3) is 0 Å². The van der Waals surface area contributed by atoms with Gasteiger partial charge in [0, 0.05) is 6.42 Å². The molecule has 0 saturated heterocycles. The van der Waals surface area contributed by atoms with E-state index < -0.39 is 0 Å². The topological polar surface area (TPSA) is 54.4 Å². The first-order valence-corrected chi connectivity index (χ1v) is 3.11. The highest BCUT2D eigenvalue weighted by Gasteiger charge is 1.95. The number of Topliss-reactive ketones (excluding diaryl/α,β-unsaturated/α-hetero) is 1. The van der Waals surface area contributed by atoms with E-state index in [9.17, 15) is 4.79 Å². The Morgan fingerprint density at radius 2 is 1.90 bits per heavy atom. The number of carboxylic acid groups (broad SMARTS) is 1. The van der Waals surface area contributed by atoms with Crippen molar-refractivity contribution in [3.63, 3.8) is 0 Å². The normalized spacial score (nSPS) is 8.00. The predicted molar refractivity (Wildman–Crippen MR) is 38.8 cm³/mol. The zero-order valence-corrected chi connectivity index (χ0v) is 6.63. The van der Waals surface area contributed by atoms with Crippen LogP contribution >= 0.6 is 0 Å². The van der Waals surface area contributed by atoms with Crippen molar-refractivity contribution in [1.29, 1.82) is 0 Å². The fourth-order valence-corrected chi connectivity index (χ4v) is 0.575. The third-order valence-corrected chi connectivity index (χ3v) is 0.696. The van der Waals surface area contributed by atoms with Crippen LogP contribution in [0.15, 0.2) is 0 Å². The Kier molecular flexibility index (Phi) is 9.67. The van der Waals surface area contributed by atoms with E-state index in [1.54, 1.807) is 6.92 Å². The summed E-state index contributed by atoms with van der Waals surface area (Å²) < 4.78 is 0. The minimum Gasteiger partial charge on any atom is -0.483 e. The van der Waals surface area contributed by atoms with Crippen LogP contribution in [0.2, 0.25) is 0 Å². The average Bonchev–Trinajstić information content (AvgIpc) is 1.62. The van der Waals surface area contributed by atoms with Gasteiger partial charge in [0.2, 0.25) is 0 Å². The molecule has 0 unspecified atom stereocenters. The molecule has 10 heavy (non-hydrogen) atoms. The van der Waals surface area contributed by atoms with Crippen molar-refractivity contribution in [3.8, 4) is 0 Å². The lowest BCUT2D eigenvalue weighted by atomic mass is 10.1. The van der Waals surface area contributed by atoms with Gasteiger partial charge in [-0.1, -0.05) is 13.8 Å². The molecule has 0 spiro atoms. The van der Waals surface area contributed by atoms with Crippen LogP contribution in [-0.4, -0.2) is 17.4 Å². The van der Waals surface area contributed by atoms with Crippen LogP contribution in [0.1, 0.15) is 27.2 Å². The number of carbonyl (C=O) groups excluding carboxylic acids is 1. The molecule has 0 aliphatic rings. The molecule has 0 saturated carbocycles. The molecule has 3 nitrogen and oxygen atoms in total. The van der Waals surface area contributed by atoms with Crippen LogP contribution in [0.3, 0.4) is 0 Å². The molecule has 0 aliphatic heterocycles. The van der Waals surface area contributed by atoms with E-state index in [1.807, 2.05) is 13.8 Å². The number of rotatable bonds is 2. The molecule has 0 amide bonds. The minimum absolute atomic E-state index is 0.250. The summed E-state index contributed by atoms with van der Waals surface area (Å²) in [5.74, 6) is 0.813. The Labute approximate surface area is 61.1 Å². The van der Waals surface area contributed by atoms with Gasteiger partial charge in [-0.2, -0.15) is 0 Å². The van der Waals surface area contributed by atoms with Gasteiger partial charge in [-0.15, -0.1) is 0 Å². The van der Waals surface area contributed by atoms with Crippen molar-refractivity contribution < 1.29 is 14.7 Å². The zero-order chi connectivity index (χ0) is 8.57. The molecule has 0 aromatic heterocycles. The van der Waals surface area contributed by atoms with Crippen molar-refractivity contribution in [2.75, 3.05) is 0 Å². The molecule has 0 aromatic rings. The second kappa shape index (κ2) is 8.14. The summed E-state index contributed by atoms with van der Waals surface area (Å²) in [5, 5.41) is 6.89. The molecule has 0 radical (unpaired) electrons. The molecule has 0 rings (SSSR count). The van der Waals surface area contributed by atoms with Gasteiger partial charge in [0.05, 0.1) is 0 Å². The van der Waals surface area contributed by atoms with Crippen molar-refractivity contribution in [3.05, 3.63) is 0 Å². The summed E-state index contributed by atoms with van der Waals surface area (Å²) in [7, 11) is 0. The van der Waals surface area contributed by atoms with Crippen LogP contribution in [0.5, 0.6) is 0 Å². The number of hydrogen-bond acceptors (Lipinski definition) is 2. The fourth-order valence-electron chi connectivity index (χ4n) is 0.575. The molecule has 0 fully saturated rings. The standard InChI is InChI=1S/C6H12O.CH2O2/c1-5(2)4-6(3)7;2-1-3/h5H,4H2,1-3H3;1H,(H,2,3). The summed E-state index contributed by atoms with van der Waals surface area (Å²) in [6.45, 7) is 5.46. The van der Waals surface area contributed by atoms with E-state index >= 15 is 0 Å². The largest absolute Gasteiger partial charge is 0.483 e. The Balaban J connectivity index is 0. The smallest absolute Gasteiger partial charge is 0.290 e. The monoisotopic (exact) mass is 146 g/mol. The molecule has 0 atom stereocenters. The third-order valence-electron chi connectivity index (χ3n) is 0.696. The number of hydrogen-bond donors (Lipinski definition) is 1. The summed E-state index contributed by atoms with van der Waals surface area (Å²) in [6, 6.07) is 0. The van der Waals surface area contributed by atoms with E-state index in [1.165, 1.54) is 0 Å². The highest BCUT2D eigenvalue weighted by atomic mass is 16.3. The van der Waals surface area contributed by atoms with Gasteiger partial charge in [0.25, 0.3) is 6.47 Å². The molecule has 60 valence electrons. The van der Waals surface area contributed by atoms with Gasteiger partial charge < -0.3 is 9.90 Å². The molecule has 1 N–H and O–H groups in total. The summed E-state index contributed by atoms with van der Waals surface area (Å²) in [5.41, 5.74) is 0. The second-order valence-corrected chi connectivity index (χ2v) is 2.41. The zero-order valence-electron chi connectivity index (χ0n) is 6.63. The molecular formula is C7H14O3. The Morgan fingerprint density at radius 1 is 1.60 bits per heavy atom. The number of ketones is 1. The van der Waals surface area contributed by atoms with Crippen molar-refractivity contribution in [1.82, 2.24) is 0 Å². The fraction of sp³-hybridized carbons (Fsp3) is 0.714. The van der Waals surface area contributed by atoms with Crippen molar-refractivity contribution >= 4 is 12.3 Å². The first-order valence-electron chi connectivity index (χ1n) is 3.11. The quantitative estimate of drug-likeness (QED) is 0.598. The van der Waals surface area contributed by atoms with E-state index in [0.717, 1.165) is 6.42 Å². The minimum atomic E-state index is -0.250. The van der Waals surface area contributed by atoms with Crippen LogP contribution in [-0.2, 0) is 9.59 Å². The lowest BCUT2D eigenvalue weighted by molar-refractivity contribution is -0.123. The lowest BCUT2D eigenvalue weighted by Gasteiger charge is -1.95. The van der Waals surface area contributed by atoms with Gasteiger partial charge in [0.15, 0.2) is 0 Å².